The summed E-state index contributed by atoms with van der Waals surface area (Å²) in [5.74, 6) is -0.703. The molecule has 15 heteroatoms. The number of aliphatic hydroxyl groups is 2. The maximum absolute atomic E-state index is 13.9. The molecule has 0 radical (unpaired) electrons. The van der Waals surface area contributed by atoms with Gasteiger partial charge in [-0.05, 0) is 30.5 Å². The van der Waals surface area contributed by atoms with Gasteiger partial charge in [-0.3, -0.25) is 9.59 Å². The fourth-order valence-electron chi connectivity index (χ4n) is 5.20. The predicted molar refractivity (Wildman–Crippen MR) is 158 cm³/mol. The first kappa shape index (κ1) is 30.3. The van der Waals surface area contributed by atoms with Crippen LogP contribution in [-0.2, 0) is 27.8 Å². The van der Waals surface area contributed by atoms with Gasteiger partial charge in [0.1, 0.15) is 4.21 Å². The molecule has 5 rings (SSSR count). The number of carbonyl (C=O) groups is 2. The summed E-state index contributed by atoms with van der Waals surface area (Å²) in [5, 5.41) is 23.8. The highest BCUT2D eigenvalue weighted by Gasteiger charge is 2.40. The lowest BCUT2D eigenvalue weighted by molar-refractivity contribution is -0.133. The number of nitrogens with zero attached hydrogens (tertiary/aromatic N) is 4. The highest BCUT2D eigenvalue weighted by molar-refractivity contribution is 7.91. The smallest absolute Gasteiger partial charge is 0.282 e. The third-order valence-electron chi connectivity index (χ3n) is 7.31. The van der Waals surface area contributed by atoms with E-state index < -0.39 is 22.0 Å². The Morgan fingerprint density at radius 2 is 1.93 bits per heavy atom. The molecular weight excluding hydrogens is 610 g/mol. The topological polar surface area (TPSA) is 143 Å². The molecule has 3 aromatic rings. The third kappa shape index (κ3) is 6.44. The van der Waals surface area contributed by atoms with Crippen molar-refractivity contribution >= 4 is 66.2 Å². The van der Waals surface area contributed by atoms with Crippen molar-refractivity contribution in [3.8, 4) is 0 Å². The molecule has 222 valence electrons. The van der Waals surface area contributed by atoms with Crippen LogP contribution < -0.4 is 5.32 Å². The molecule has 1 aromatic carbocycles. The van der Waals surface area contributed by atoms with E-state index in [0.717, 1.165) is 38.4 Å². The number of hydrogen-bond donors (Lipinski definition) is 3. The monoisotopic (exact) mass is 641 g/mol. The van der Waals surface area contributed by atoms with Crippen LogP contribution in [0.2, 0.25) is 5.02 Å². The van der Waals surface area contributed by atoms with Gasteiger partial charge >= 0.3 is 0 Å². The van der Waals surface area contributed by atoms with Crippen molar-refractivity contribution in [2.45, 2.75) is 42.6 Å². The number of nitrogens with one attached hydrogen (secondary N) is 1. The number of sulfonamides is 1. The molecule has 2 amide bonds. The van der Waals surface area contributed by atoms with Gasteiger partial charge in [-0.1, -0.05) is 17.7 Å². The van der Waals surface area contributed by atoms with Crippen LogP contribution in [0, 0.1) is 0 Å². The van der Waals surface area contributed by atoms with Gasteiger partial charge < -0.3 is 25.3 Å². The number of rotatable bonds is 9. The molecule has 1 saturated heterocycles. The lowest BCUT2D eigenvalue weighted by Crippen LogP contribution is -2.57. The second-order valence-corrected chi connectivity index (χ2v) is 14.9. The number of carbonyl (C=O) groups excluding carboxylic acids is 2. The first-order valence-corrected chi connectivity index (χ1v) is 16.8. The maximum Gasteiger partial charge on any atom is 0.282 e. The van der Waals surface area contributed by atoms with Gasteiger partial charge in [0.05, 0.1) is 24.9 Å². The van der Waals surface area contributed by atoms with E-state index >= 15 is 0 Å². The van der Waals surface area contributed by atoms with Crippen molar-refractivity contribution in [1.82, 2.24) is 24.4 Å². The summed E-state index contributed by atoms with van der Waals surface area (Å²) in [6.07, 6.45) is 0.518. The van der Waals surface area contributed by atoms with Gasteiger partial charge in [-0.25, -0.2) is 13.4 Å². The van der Waals surface area contributed by atoms with Crippen LogP contribution in [0.3, 0.4) is 0 Å². The molecule has 3 N–H and O–H groups in total. The minimum atomic E-state index is -4.02. The van der Waals surface area contributed by atoms with E-state index in [1.165, 1.54) is 20.5 Å². The molecule has 0 aliphatic carbocycles. The van der Waals surface area contributed by atoms with Crippen LogP contribution in [-0.4, -0.2) is 108 Å². The molecule has 0 bridgehead atoms. The summed E-state index contributed by atoms with van der Waals surface area (Å²) in [7, 11) is -4.02. The van der Waals surface area contributed by atoms with E-state index in [-0.39, 0.29) is 68.5 Å². The number of piperazine rings is 1. The average molecular weight is 642 g/mol. The standard InChI is InChI=1S/C26H32ClN5O6S3/c1-16-10-20-22(14-28-16)40-25(29-20)26(36)31-4-5-32(19(15-31)13-23(35)30(6-8-33)7-9-34)41(37,38)24-11-17-2-3-18(27)12-21(17)39-24/h2-3,11-12,16,19,28,33-34H,4-10,13-15H2,1H3. The summed E-state index contributed by atoms with van der Waals surface area (Å²) in [6.45, 7) is 2.30. The molecule has 2 unspecified atom stereocenters. The van der Waals surface area contributed by atoms with Crippen LogP contribution in [0.25, 0.3) is 10.1 Å². The van der Waals surface area contributed by atoms with Crippen LogP contribution in [0.15, 0.2) is 28.5 Å². The molecule has 1 fully saturated rings. The Labute approximate surface area is 251 Å². The van der Waals surface area contributed by atoms with E-state index in [0.29, 0.717) is 16.6 Å². The molecule has 0 spiro atoms. The lowest BCUT2D eigenvalue weighted by atomic mass is 10.1. The Hall–Kier alpha value is -2.17. The molecule has 2 aliphatic heterocycles. The first-order chi connectivity index (χ1) is 19.6. The van der Waals surface area contributed by atoms with Crippen molar-refractivity contribution in [1.29, 1.82) is 0 Å². The van der Waals surface area contributed by atoms with Crippen molar-refractivity contribution in [2.24, 2.45) is 0 Å². The SMILES string of the molecule is CC1Cc2nc(C(=O)N3CCN(S(=O)(=O)c4cc5ccc(Cl)cc5s4)C(CC(=O)N(CCO)CCO)C3)sc2CN1. The fraction of sp³-hybridized carbons (Fsp3) is 0.500. The zero-order chi connectivity index (χ0) is 29.3. The molecule has 2 atom stereocenters. The Balaban J connectivity index is 1.43. The third-order valence-corrected chi connectivity index (χ3v) is 12.1. The van der Waals surface area contributed by atoms with Gasteiger partial charge in [0, 0.05) is 72.8 Å². The van der Waals surface area contributed by atoms with Crippen molar-refractivity contribution in [3.05, 3.63) is 44.9 Å². The summed E-state index contributed by atoms with van der Waals surface area (Å²) < 4.78 is 30.0. The number of thiophene rings is 1. The summed E-state index contributed by atoms with van der Waals surface area (Å²) in [6, 6.07) is 6.18. The van der Waals surface area contributed by atoms with E-state index in [1.54, 1.807) is 29.2 Å². The maximum atomic E-state index is 13.9. The van der Waals surface area contributed by atoms with Gasteiger partial charge in [-0.15, -0.1) is 22.7 Å². The van der Waals surface area contributed by atoms with Crippen molar-refractivity contribution < 1.29 is 28.2 Å². The number of benzene rings is 1. The normalized spacial score (nSPS) is 19.9. The molecule has 4 heterocycles. The molecule has 41 heavy (non-hydrogen) atoms. The number of fused-ring (bicyclic) bond motifs is 2. The first-order valence-electron chi connectivity index (χ1n) is 13.3. The van der Waals surface area contributed by atoms with Gasteiger partial charge in [0.2, 0.25) is 5.91 Å². The van der Waals surface area contributed by atoms with Crippen LogP contribution in [0.5, 0.6) is 0 Å². The lowest BCUT2D eigenvalue weighted by Gasteiger charge is -2.40. The minimum absolute atomic E-state index is 0.00466. The van der Waals surface area contributed by atoms with Gasteiger partial charge in [0.15, 0.2) is 5.01 Å². The Morgan fingerprint density at radius 1 is 1.17 bits per heavy atom. The number of halogens is 1. The van der Waals surface area contributed by atoms with E-state index in [2.05, 4.69) is 17.2 Å². The van der Waals surface area contributed by atoms with Crippen molar-refractivity contribution in [3.63, 3.8) is 0 Å². The number of hydrogen-bond acceptors (Lipinski definition) is 10. The highest BCUT2D eigenvalue weighted by Crippen LogP contribution is 2.35. The summed E-state index contributed by atoms with van der Waals surface area (Å²) >= 11 is 8.56. The van der Waals surface area contributed by atoms with Gasteiger partial charge in [0.25, 0.3) is 15.9 Å². The predicted octanol–water partition coefficient (Wildman–Crippen LogP) is 1.76. The average Bonchev–Trinajstić information content (AvgIpc) is 3.56. The Kier molecular flexibility index (Phi) is 9.31. The zero-order valence-electron chi connectivity index (χ0n) is 22.5. The van der Waals surface area contributed by atoms with Gasteiger partial charge in [-0.2, -0.15) is 4.31 Å². The zero-order valence-corrected chi connectivity index (χ0v) is 25.7. The van der Waals surface area contributed by atoms with E-state index in [1.807, 2.05) is 0 Å². The molecule has 2 aromatic heterocycles. The van der Waals surface area contributed by atoms with Crippen LogP contribution in [0.1, 0.15) is 33.7 Å². The Bertz CT molecular complexity index is 1540. The molecule has 2 aliphatic rings. The van der Waals surface area contributed by atoms with E-state index in [9.17, 15) is 28.2 Å². The quantitative estimate of drug-likeness (QED) is 0.321. The molecule has 11 nitrogen and oxygen atoms in total. The summed E-state index contributed by atoms with van der Waals surface area (Å²) in [4.78, 5) is 35.3. The van der Waals surface area contributed by atoms with Crippen LogP contribution >= 0.6 is 34.3 Å². The summed E-state index contributed by atoms with van der Waals surface area (Å²) in [5.41, 5.74) is 0.908. The highest BCUT2D eigenvalue weighted by atomic mass is 35.5. The van der Waals surface area contributed by atoms with Crippen molar-refractivity contribution in [2.75, 3.05) is 45.9 Å². The molecular formula is C26H32ClN5O6S3. The number of aromatic nitrogens is 1. The minimum Gasteiger partial charge on any atom is -0.395 e. The Morgan fingerprint density at radius 3 is 2.66 bits per heavy atom. The largest absolute Gasteiger partial charge is 0.395 e. The fourth-order valence-corrected chi connectivity index (χ4v) is 9.62. The van der Waals surface area contributed by atoms with Crippen LogP contribution in [0.4, 0.5) is 0 Å². The molecule has 0 saturated carbocycles. The number of thiazole rings is 1. The second kappa shape index (κ2) is 12.6. The second-order valence-electron chi connectivity index (χ2n) is 10.2. The number of aliphatic hydroxyl groups excluding tert-OH is 2. The number of amides is 2. The van der Waals surface area contributed by atoms with E-state index in [4.69, 9.17) is 11.6 Å².